The van der Waals surface area contributed by atoms with E-state index in [-0.39, 0.29) is 11.9 Å². The molecule has 27 heavy (non-hydrogen) atoms. The second kappa shape index (κ2) is 9.24. The molecule has 0 aliphatic carbocycles. The van der Waals surface area contributed by atoms with Crippen molar-refractivity contribution >= 4 is 33.6 Å². The summed E-state index contributed by atoms with van der Waals surface area (Å²) in [7, 11) is 0. The standard InChI is InChI=1S/C21H21BrN2O2S/c1-14-19(15(2)26-24-14)12-27-13-20(25)23-21(16-6-4-3-5-7-16)17-8-10-18(22)11-9-17/h3-11,21H,12-13H2,1-2H3,(H,23,25). The summed E-state index contributed by atoms with van der Waals surface area (Å²) in [5.74, 6) is 1.91. The topological polar surface area (TPSA) is 55.1 Å². The molecule has 1 atom stereocenters. The Balaban J connectivity index is 1.66. The van der Waals surface area contributed by atoms with Gasteiger partial charge in [-0.15, -0.1) is 11.8 Å². The van der Waals surface area contributed by atoms with Crippen molar-refractivity contribution in [1.82, 2.24) is 10.5 Å². The molecule has 4 nitrogen and oxygen atoms in total. The number of thioether (sulfide) groups is 1. The van der Waals surface area contributed by atoms with Crippen molar-refractivity contribution < 1.29 is 9.32 Å². The molecule has 1 N–H and O–H groups in total. The number of hydrogen-bond acceptors (Lipinski definition) is 4. The Morgan fingerprint density at radius 1 is 1.11 bits per heavy atom. The molecule has 1 unspecified atom stereocenters. The molecule has 1 aromatic heterocycles. The van der Waals surface area contributed by atoms with E-state index in [2.05, 4.69) is 26.4 Å². The van der Waals surface area contributed by atoms with Crippen LogP contribution in [-0.4, -0.2) is 16.8 Å². The molecule has 1 heterocycles. The fraction of sp³-hybridized carbons (Fsp3) is 0.238. The maximum Gasteiger partial charge on any atom is 0.230 e. The van der Waals surface area contributed by atoms with Crippen molar-refractivity contribution in [2.45, 2.75) is 25.6 Å². The van der Waals surface area contributed by atoms with Crippen LogP contribution in [-0.2, 0) is 10.5 Å². The Bertz CT molecular complexity index is 875. The van der Waals surface area contributed by atoms with Crippen molar-refractivity contribution in [3.05, 3.63) is 87.2 Å². The zero-order chi connectivity index (χ0) is 19.2. The number of rotatable bonds is 7. The second-order valence-electron chi connectivity index (χ2n) is 6.26. The van der Waals surface area contributed by atoms with Gasteiger partial charge in [0.2, 0.25) is 5.91 Å². The molecule has 0 aliphatic rings. The van der Waals surface area contributed by atoms with Gasteiger partial charge in [-0.25, -0.2) is 0 Å². The molecule has 140 valence electrons. The fourth-order valence-electron chi connectivity index (χ4n) is 2.82. The van der Waals surface area contributed by atoms with Crippen LogP contribution in [0, 0.1) is 13.8 Å². The number of aromatic nitrogens is 1. The van der Waals surface area contributed by atoms with E-state index in [9.17, 15) is 4.79 Å². The van der Waals surface area contributed by atoms with Gasteiger partial charge in [0.25, 0.3) is 0 Å². The maximum atomic E-state index is 12.6. The molecule has 0 fully saturated rings. The fourth-order valence-corrected chi connectivity index (χ4v) is 4.07. The van der Waals surface area contributed by atoms with Gasteiger partial charge in [-0.1, -0.05) is 63.6 Å². The first-order valence-electron chi connectivity index (χ1n) is 8.64. The highest BCUT2D eigenvalue weighted by molar-refractivity contribution is 9.10. The summed E-state index contributed by atoms with van der Waals surface area (Å²) in [5.41, 5.74) is 4.06. The van der Waals surface area contributed by atoms with E-state index in [1.807, 2.05) is 68.4 Å². The first-order chi connectivity index (χ1) is 13.0. The summed E-state index contributed by atoms with van der Waals surface area (Å²) in [6.45, 7) is 3.82. The maximum absolute atomic E-state index is 12.6. The third-order valence-electron chi connectivity index (χ3n) is 4.30. The summed E-state index contributed by atoms with van der Waals surface area (Å²) < 4.78 is 6.19. The highest BCUT2D eigenvalue weighted by atomic mass is 79.9. The van der Waals surface area contributed by atoms with E-state index in [1.54, 1.807) is 11.8 Å². The summed E-state index contributed by atoms with van der Waals surface area (Å²) in [6.07, 6.45) is 0. The van der Waals surface area contributed by atoms with Crippen LogP contribution in [0.5, 0.6) is 0 Å². The molecule has 0 aliphatic heterocycles. The van der Waals surface area contributed by atoms with Crippen molar-refractivity contribution in [2.24, 2.45) is 0 Å². The van der Waals surface area contributed by atoms with Gasteiger partial charge in [-0.05, 0) is 37.1 Å². The number of nitrogens with zero attached hydrogens (tertiary/aromatic N) is 1. The normalized spacial score (nSPS) is 12.0. The number of hydrogen-bond donors (Lipinski definition) is 1. The zero-order valence-corrected chi connectivity index (χ0v) is 17.6. The van der Waals surface area contributed by atoms with Crippen LogP contribution in [0.25, 0.3) is 0 Å². The molecule has 2 aromatic carbocycles. The lowest BCUT2D eigenvalue weighted by Crippen LogP contribution is -2.30. The van der Waals surface area contributed by atoms with Gasteiger partial charge in [0.1, 0.15) is 5.76 Å². The van der Waals surface area contributed by atoms with Crippen molar-refractivity contribution in [3.63, 3.8) is 0 Å². The molecule has 0 radical (unpaired) electrons. The SMILES string of the molecule is Cc1noc(C)c1CSCC(=O)NC(c1ccccc1)c1ccc(Br)cc1. The molecular weight excluding hydrogens is 424 g/mol. The number of aryl methyl sites for hydroxylation is 2. The molecule has 0 saturated carbocycles. The third kappa shape index (κ3) is 5.23. The number of benzene rings is 2. The van der Waals surface area contributed by atoms with Crippen LogP contribution in [0.2, 0.25) is 0 Å². The first kappa shape index (κ1) is 19.7. The van der Waals surface area contributed by atoms with Crippen LogP contribution in [0.4, 0.5) is 0 Å². The summed E-state index contributed by atoms with van der Waals surface area (Å²) in [4.78, 5) is 12.6. The van der Waals surface area contributed by atoms with Crippen LogP contribution in [0.3, 0.4) is 0 Å². The minimum atomic E-state index is -0.175. The number of amides is 1. The zero-order valence-electron chi connectivity index (χ0n) is 15.2. The summed E-state index contributed by atoms with van der Waals surface area (Å²) in [6, 6.07) is 17.9. The number of nitrogens with one attached hydrogen (secondary N) is 1. The summed E-state index contributed by atoms with van der Waals surface area (Å²) in [5, 5.41) is 7.12. The smallest absolute Gasteiger partial charge is 0.230 e. The quantitative estimate of drug-likeness (QED) is 0.544. The monoisotopic (exact) mass is 444 g/mol. The minimum absolute atomic E-state index is 0.00327. The minimum Gasteiger partial charge on any atom is -0.361 e. The third-order valence-corrected chi connectivity index (χ3v) is 5.79. The Morgan fingerprint density at radius 3 is 2.41 bits per heavy atom. The van der Waals surface area contributed by atoms with E-state index >= 15 is 0 Å². The van der Waals surface area contributed by atoms with Crippen LogP contribution >= 0.6 is 27.7 Å². The van der Waals surface area contributed by atoms with Gasteiger partial charge < -0.3 is 9.84 Å². The number of carbonyl (C=O) groups excluding carboxylic acids is 1. The molecule has 1 amide bonds. The highest BCUT2D eigenvalue weighted by Gasteiger charge is 2.17. The van der Waals surface area contributed by atoms with Crippen LogP contribution < -0.4 is 5.32 Å². The average Bonchev–Trinajstić information content (AvgIpc) is 3.00. The van der Waals surface area contributed by atoms with Crippen LogP contribution in [0.15, 0.2) is 63.6 Å². The molecule has 0 saturated heterocycles. The Labute approximate surface area is 171 Å². The molecule has 6 heteroatoms. The largest absolute Gasteiger partial charge is 0.361 e. The first-order valence-corrected chi connectivity index (χ1v) is 10.6. The number of halogens is 1. The Morgan fingerprint density at radius 2 is 1.78 bits per heavy atom. The molecule has 0 bridgehead atoms. The van der Waals surface area contributed by atoms with Gasteiger partial charge >= 0.3 is 0 Å². The lowest BCUT2D eigenvalue weighted by molar-refractivity contribution is -0.119. The average molecular weight is 445 g/mol. The van der Waals surface area contributed by atoms with Crippen molar-refractivity contribution in [1.29, 1.82) is 0 Å². The van der Waals surface area contributed by atoms with Crippen LogP contribution in [0.1, 0.15) is 34.2 Å². The summed E-state index contributed by atoms with van der Waals surface area (Å²) >= 11 is 5.03. The molecule has 0 spiro atoms. The van der Waals surface area contributed by atoms with E-state index in [0.29, 0.717) is 11.5 Å². The van der Waals surface area contributed by atoms with E-state index in [1.165, 1.54) is 0 Å². The van der Waals surface area contributed by atoms with Crippen molar-refractivity contribution in [3.8, 4) is 0 Å². The van der Waals surface area contributed by atoms with Gasteiger partial charge in [-0.2, -0.15) is 0 Å². The molecule has 3 rings (SSSR count). The lowest BCUT2D eigenvalue weighted by atomic mass is 9.99. The highest BCUT2D eigenvalue weighted by Crippen LogP contribution is 2.24. The van der Waals surface area contributed by atoms with Gasteiger partial charge in [0.05, 0.1) is 17.5 Å². The second-order valence-corrected chi connectivity index (χ2v) is 8.16. The van der Waals surface area contributed by atoms with E-state index < -0.39 is 0 Å². The van der Waals surface area contributed by atoms with Gasteiger partial charge in [0.15, 0.2) is 0 Å². The Hall–Kier alpha value is -2.05. The van der Waals surface area contributed by atoms with E-state index in [0.717, 1.165) is 32.6 Å². The lowest BCUT2D eigenvalue weighted by Gasteiger charge is -2.20. The number of carbonyl (C=O) groups is 1. The molecular formula is C21H21BrN2O2S. The van der Waals surface area contributed by atoms with Gasteiger partial charge in [-0.3, -0.25) is 4.79 Å². The van der Waals surface area contributed by atoms with Gasteiger partial charge in [0, 0.05) is 15.8 Å². The Kier molecular flexibility index (Phi) is 6.74. The predicted molar refractivity (Wildman–Crippen MR) is 113 cm³/mol. The van der Waals surface area contributed by atoms with Crippen molar-refractivity contribution in [2.75, 3.05) is 5.75 Å². The van der Waals surface area contributed by atoms with E-state index in [4.69, 9.17) is 4.52 Å². The predicted octanol–water partition coefficient (Wildman–Crippen LogP) is 5.19. The molecule has 3 aromatic rings.